The van der Waals surface area contributed by atoms with Crippen LogP contribution in [0.2, 0.25) is 0 Å². The Balaban J connectivity index is 0.589. The third kappa shape index (κ3) is 11.0. The van der Waals surface area contributed by atoms with Crippen molar-refractivity contribution in [2.24, 2.45) is 0 Å². The van der Waals surface area contributed by atoms with Gasteiger partial charge in [-0.05, 0) is 200 Å². The van der Waals surface area contributed by atoms with Crippen LogP contribution in [-0.4, -0.2) is 29.9 Å². The van der Waals surface area contributed by atoms with Crippen LogP contribution >= 0.6 is 0 Å². The normalized spacial score (nSPS) is 12.0. The molecular formula is C114H64N6O4. The smallest absolute Gasteiger partial charge is 0.167 e. The molecule has 26 aromatic rings. The van der Waals surface area contributed by atoms with Crippen LogP contribution in [-0.2, 0) is 0 Å². The summed E-state index contributed by atoms with van der Waals surface area (Å²) in [6.45, 7) is 0. The average Bonchev–Trinajstić information content (AvgIpc) is 1.67. The van der Waals surface area contributed by atoms with Gasteiger partial charge in [0.05, 0.1) is 11.1 Å². The summed E-state index contributed by atoms with van der Waals surface area (Å²) in [5, 5.41) is 21.2. The predicted octanol–water partition coefficient (Wildman–Crippen LogP) is 30.9. The minimum absolute atomic E-state index is 0.491. The van der Waals surface area contributed by atoms with Gasteiger partial charge in [0.1, 0.15) is 44.7 Å². The lowest BCUT2D eigenvalue weighted by Crippen LogP contribution is -2.01. The van der Waals surface area contributed by atoms with Gasteiger partial charge in [-0.1, -0.05) is 297 Å². The van der Waals surface area contributed by atoms with Crippen molar-refractivity contribution in [2.45, 2.75) is 0 Å². The molecule has 0 radical (unpaired) electrons. The molecule has 0 bridgehead atoms. The summed E-state index contributed by atoms with van der Waals surface area (Å²) in [6.07, 6.45) is 0. The molecule has 6 heterocycles. The molecule has 0 atom stereocenters. The summed E-state index contributed by atoms with van der Waals surface area (Å²) < 4.78 is 27.9. The summed E-state index contributed by atoms with van der Waals surface area (Å²) in [5.74, 6) is 3.20. The van der Waals surface area contributed by atoms with Crippen molar-refractivity contribution >= 4 is 152 Å². The van der Waals surface area contributed by atoms with E-state index in [1.165, 1.54) is 10.8 Å². The van der Waals surface area contributed by atoms with Gasteiger partial charge in [0.2, 0.25) is 0 Å². The zero-order valence-corrected chi connectivity index (χ0v) is 66.3. The number of hydrogen-bond acceptors (Lipinski definition) is 10. The number of nitrogens with zero attached hydrogens (tertiary/aromatic N) is 6. The number of rotatable bonds is 11. The molecule has 0 N–H and O–H groups in total. The molecule has 26 rings (SSSR count). The highest BCUT2D eigenvalue weighted by atomic mass is 16.3. The monoisotopic (exact) mass is 1580 g/mol. The maximum Gasteiger partial charge on any atom is 0.167 e. The number of fused-ring (bicyclic) bond motifs is 18. The zero-order chi connectivity index (χ0) is 81.2. The second kappa shape index (κ2) is 27.4. The van der Waals surface area contributed by atoms with Crippen molar-refractivity contribution < 1.29 is 17.7 Å². The van der Waals surface area contributed by atoms with Gasteiger partial charge in [0.15, 0.2) is 34.9 Å². The largest absolute Gasteiger partial charge is 0.455 e. The minimum Gasteiger partial charge on any atom is -0.455 e. The number of furan rings is 4. The van der Waals surface area contributed by atoms with Gasteiger partial charge in [-0.25, -0.2) is 29.9 Å². The molecule has 0 aliphatic carbocycles. The van der Waals surface area contributed by atoms with Crippen LogP contribution in [0.4, 0.5) is 0 Å². The number of para-hydroxylation sites is 5. The Morgan fingerprint density at radius 2 is 0.492 bits per heavy atom. The summed E-state index contributed by atoms with van der Waals surface area (Å²) in [5.41, 5.74) is 21.7. The number of hydrogen-bond donors (Lipinski definition) is 0. The van der Waals surface area contributed by atoms with E-state index >= 15 is 0 Å². The van der Waals surface area contributed by atoms with E-state index in [9.17, 15) is 0 Å². The van der Waals surface area contributed by atoms with Crippen molar-refractivity contribution in [3.63, 3.8) is 0 Å². The van der Waals surface area contributed by atoms with Crippen molar-refractivity contribution in [3.05, 3.63) is 388 Å². The Morgan fingerprint density at radius 1 is 0.137 bits per heavy atom. The highest BCUT2D eigenvalue weighted by Crippen LogP contribution is 2.50. The summed E-state index contributed by atoms with van der Waals surface area (Å²) in [6, 6.07) is 137. The van der Waals surface area contributed by atoms with E-state index in [4.69, 9.17) is 47.6 Å². The van der Waals surface area contributed by atoms with Gasteiger partial charge in [0, 0.05) is 76.5 Å². The van der Waals surface area contributed by atoms with Gasteiger partial charge >= 0.3 is 0 Å². The SMILES string of the molecule is c1ccc2cc(-c3nc(-c4ccc(-c5cccc6oc7c(-c8ccc9ccccc9c8)cccc7c56)c5ccccc45)nc(-c4cccc5c4oc4ccc(-c6cc(-c7ccc(-c8ccc(-c9nc(-c%10ccc%11ccccc%11c%10)nc(-c%10cccc%11c%10oc%10ccccc%10%11)n9)c9ccccc89)c8c7oc7ccccc78)c7ccccc7c6)cc45)n3)ccc2c1. The molecule has 0 unspecified atom stereocenters. The molecule has 0 aliphatic heterocycles. The molecule has 10 nitrogen and oxygen atoms in total. The van der Waals surface area contributed by atoms with Crippen molar-refractivity contribution in [3.8, 4) is 124 Å². The number of benzene rings is 20. The molecule has 0 fully saturated rings. The highest BCUT2D eigenvalue weighted by Gasteiger charge is 2.27. The summed E-state index contributed by atoms with van der Waals surface area (Å²) in [7, 11) is 0. The summed E-state index contributed by atoms with van der Waals surface area (Å²) >= 11 is 0. The van der Waals surface area contributed by atoms with Crippen molar-refractivity contribution in [1.29, 1.82) is 0 Å². The Kier molecular flexibility index (Phi) is 15.3. The van der Waals surface area contributed by atoms with Gasteiger partial charge in [-0.15, -0.1) is 0 Å². The molecular weight excluding hydrogens is 1520 g/mol. The molecule has 0 amide bonds. The molecule has 0 saturated heterocycles. The molecule has 124 heavy (non-hydrogen) atoms. The van der Waals surface area contributed by atoms with Crippen molar-refractivity contribution in [2.75, 3.05) is 0 Å². The molecule has 6 aromatic heterocycles. The van der Waals surface area contributed by atoms with Crippen LogP contribution < -0.4 is 0 Å². The lowest BCUT2D eigenvalue weighted by molar-refractivity contribution is 0.669. The van der Waals surface area contributed by atoms with Gasteiger partial charge in [0.25, 0.3) is 0 Å². The van der Waals surface area contributed by atoms with Crippen LogP contribution in [0.15, 0.2) is 406 Å². The van der Waals surface area contributed by atoms with E-state index < -0.39 is 0 Å². The standard InChI is InChI=1S/C114H64N6O4/c1-4-24-68-59-73(48-45-65(68)21-1)78-35-17-39-94-103-86(36-20-44-102(103)124-105(78)94)83-52-56-91(81-31-11-9-29-79(81)83)111-116-110(75-50-47-67-23-3-6-26-70(67)61-75)118-114(120-111)96-41-19-38-89-98-63-71(51-58-101(98)122-107(89)96)76-62-72-27-7-8-28-77(72)97(64-76)90-55-54-87(104-93-34-14-16-43-100(93)123-108(90)104)84-53-57-92(82-32-12-10-30-80(82)84)112-115-109(74-49-46-66-22-2-5-25-69(66)60-74)117-113(119-112)95-40-18-37-88-85-33-13-15-42-99(85)121-106(88)95/h1-64H. The summed E-state index contributed by atoms with van der Waals surface area (Å²) in [4.78, 5) is 32.5. The second-order valence-corrected chi connectivity index (χ2v) is 32.2. The first-order chi connectivity index (χ1) is 61.4. The third-order valence-corrected chi connectivity index (χ3v) is 25.2. The Hall–Kier alpha value is -16.8. The van der Waals surface area contributed by atoms with E-state index in [1.807, 2.05) is 30.3 Å². The topological polar surface area (TPSA) is 130 Å². The van der Waals surface area contributed by atoms with Crippen LogP contribution in [0.3, 0.4) is 0 Å². The fraction of sp³-hybridized carbons (Fsp3) is 0. The quantitative estimate of drug-likeness (QED) is 0.123. The van der Waals surface area contributed by atoms with Crippen molar-refractivity contribution in [1.82, 2.24) is 29.9 Å². The zero-order valence-electron chi connectivity index (χ0n) is 66.3. The van der Waals surface area contributed by atoms with Gasteiger partial charge in [-0.3, -0.25) is 0 Å². The highest BCUT2D eigenvalue weighted by molar-refractivity contribution is 6.23. The molecule has 20 aromatic carbocycles. The lowest BCUT2D eigenvalue weighted by Gasteiger charge is -2.16. The number of aromatic nitrogens is 6. The lowest BCUT2D eigenvalue weighted by atomic mass is 9.88. The maximum absolute atomic E-state index is 7.23. The first kappa shape index (κ1) is 69.2. The van der Waals surface area contributed by atoms with E-state index in [1.54, 1.807) is 0 Å². The molecule has 0 spiro atoms. The Bertz CT molecular complexity index is 9060. The Morgan fingerprint density at radius 3 is 1.09 bits per heavy atom. The Labute approximate surface area is 707 Å². The molecule has 0 saturated carbocycles. The fourth-order valence-corrected chi connectivity index (χ4v) is 19.3. The predicted molar refractivity (Wildman–Crippen MR) is 507 cm³/mol. The fourth-order valence-electron chi connectivity index (χ4n) is 19.3. The van der Waals surface area contributed by atoms with Crippen LogP contribution in [0, 0.1) is 0 Å². The van der Waals surface area contributed by atoms with E-state index in [2.05, 4.69) is 358 Å². The maximum atomic E-state index is 7.23. The van der Waals surface area contributed by atoms with Crippen LogP contribution in [0.5, 0.6) is 0 Å². The van der Waals surface area contributed by atoms with E-state index in [0.29, 0.717) is 40.5 Å². The van der Waals surface area contributed by atoms with E-state index in [0.717, 1.165) is 225 Å². The van der Waals surface area contributed by atoms with Crippen LogP contribution in [0.1, 0.15) is 0 Å². The molecule has 574 valence electrons. The van der Waals surface area contributed by atoms with Gasteiger partial charge in [-0.2, -0.15) is 0 Å². The third-order valence-electron chi connectivity index (χ3n) is 25.2. The molecule has 10 heteroatoms. The average molecular weight is 1580 g/mol. The van der Waals surface area contributed by atoms with Crippen LogP contribution in [0.25, 0.3) is 276 Å². The first-order valence-corrected chi connectivity index (χ1v) is 41.8. The first-order valence-electron chi connectivity index (χ1n) is 41.8. The van der Waals surface area contributed by atoms with E-state index in [-0.39, 0.29) is 0 Å². The van der Waals surface area contributed by atoms with Gasteiger partial charge < -0.3 is 17.7 Å². The molecule has 0 aliphatic rings. The minimum atomic E-state index is 0.491. The second-order valence-electron chi connectivity index (χ2n) is 32.2.